The van der Waals surface area contributed by atoms with Crippen molar-refractivity contribution in [2.75, 3.05) is 31.6 Å². The summed E-state index contributed by atoms with van der Waals surface area (Å²) in [7, 11) is -3.48. The third kappa shape index (κ3) is 5.19. The Kier molecular flexibility index (Phi) is 6.83. The van der Waals surface area contributed by atoms with E-state index in [4.69, 9.17) is 4.74 Å². The zero-order valence-corrected chi connectivity index (χ0v) is 16.9. The topological polar surface area (TPSA) is 75.7 Å². The summed E-state index contributed by atoms with van der Waals surface area (Å²) >= 11 is 0. The highest BCUT2D eigenvalue weighted by molar-refractivity contribution is 7.89. The maximum Gasteiger partial charge on any atom is 0.243 e. The second-order valence-electron chi connectivity index (χ2n) is 6.76. The minimum Gasteiger partial charge on any atom is -0.379 e. The molecule has 1 aliphatic rings. The molecule has 28 heavy (non-hydrogen) atoms. The SMILES string of the molecule is CCc1cccc(NC(=O)CCc2ccc(S(=O)(=O)N3CCOCC3)cc2)c1. The molecule has 0 aliphatic carbocycles. The van der Waals surface area contributed by atoms with Gasteiger partial charge in [-0.25, -0.2) is 8.42 Å². The first-order valence-electron chi connectivity index (χ1n) is 9.54. The fourth-order valence-corrected chi connectivity index (χ4v) is 4.52. The van der Waals surface area contributed by atoms with Gasteiger partial charge in [-0.05, 0) is 48.2 Å². The van der Waals surface area contributed by atoms with E-state index in [1.165, 1.54) is 9.87 Å². The Bertz CT molecular complexity index is 904. The van der Waals surface area contributed by atoms with Crippen LogP contribution in [0, 0.1) is 0 Å². The standard InChI is InChI=1S/C21H26N2O4S/c1-2-17-4-3-5-19(16-17)22-21(24)11-8-18-6-9-20(10-7-18)28(25,26)23-12-14-27-15-13-23/h3-7,9-10,16H,2,8,11-15H2,1H3,(H,22,24). The average Bonchev–Trinajstić information content (AvgIpc) is 2.73. The lowest BCUT2D eigenvalue weighted by Crippen LogP contribution is -2.40. The van der Waals surface area contributed by atoms with Crippen molar-refractivity contribution >= 4 is 21.6 Å². The Morgan fingerprint density at radius 3 is 2.46 bits per heavy atom. The number of hydrogen-bond acceptors (Lipinski definition) is 4. The molecule has 0 bridgehead atoms. The monoisotopic (exact) mass is 402 g/mol. The number of rotatable bonds is 7. The predicted octanol–water partition coefficient (Wildman–Crippen LogP) is 2.84. The van der Waals surface area contributed by atoms with Crippen LogP contribution in [-0.4, -0.2) is 44.9 Å². The molecule has 150 valence electrons. The predicted molar refractivity (Wildman–Crippen MR) is 109 cm³/mol. The molecule has 1 saturated heterocycles. The fraction of sp³-hybridized carbons (Fsp3) is 0.381. The van der Waals surface area contributed by atoms with E-state index in [9.17, 15) is 13.2 Å². The van der Waals surface area contributed by atoms with Gasteiger partial charge in [0, 0.05) is 25.2 Å². The first kappa shape index (κ1) is 20.5. The number of ether oxygens (including phenoxy) is 1. The number of nitrogens with one attached hydrogen (secondary N) is 1. The molecule has 1 fully saturated rings. The molecule has 0 saturated carbocycles. The highest BCUT2D eigenvalue weighted by atomic mass is 32.2. The summed E-state index contributed by atoms with van der Waals surface area (Å²) in [5.41, 5.74) is 2.91. The average molecular weight is 403 g/mol. The van der Waals surface area contributed by atoms with Crippen molar-refractivity contribution in [2.45, 2.75) is 31.1 Å². The second kappa shape index (κ2) is 9.32. The van der Waals surface area contributed by atoms with Crippen molar-refractivity contribution in [2.24, 2.45) is 0 Å². The van der Waals surface area contributed by atoms with Crippen LogP contribution in [0.4, 0.5) is 5.69 Å². The summed E-state index contributed by atoms with van der Waals surface area (Å²) < 4.78 is 31.9. The molecule has 3 rings (SSSR count). The molecule has 1 heterocycles. The summed E-state index contributed by atoms with van der Waals surface area (Å²) in [6, 6.07) is 14.6. The van der Waals surface area contributed by atoms with Crippen LogP contribution in [0.25, 0.3) is 0 Å². The molecule has 0 radical (unpaired) electrons. The number of amides is 1. The summed E-state index contributed by atoms with van der Waals surface area (Å²) in [5.74, 6) is -0.0572. The molecule has 0 unspecified atom stereocenters. The summed E-state index contributed by atoms with van der Waals surface area (Å²) in [6.45, 7) is 3.68. The number of anilines is 1. The summed E-state index contributed by atoms with van der Waals surface area (Å²) in [4.78, 5) is 12.5. The van der Waals surface area contributed by atoms with Gasteiger partial charge in [0.1, 0.15) is 0 Å². The fourth-order valence-electron chi connectivity index (χ4n) is 3.11. The zero-order chi connectivity index (χ0) is 20.0. The molecule has 6 nitrogen and oxygen atoms in total. The molecule has 2 aromatic rings. The molecule has 1 N–H and O–H groups in total. The normalized spacial score (nSPS) is 15.3. The van der Waals surface area contributed by atoms with E-state index in [0.29, 0.717) is 39.1 Å². The van der Waals surface area contributed by atoms with Crippen LogP contribution < -0.4 is 5.32 Å². The molecule has 0 spiro atoms. The molecular formula is C21H26N2O4S. The molecule has 1 amide bonds. The first-order valence-corrected chi connectivity index (χ1v) is 11.0. The van der Waals surface area contributed by atoms with Gasteiger partial charge in [0.15, 0.2) is 0 Å². The number of carbonyl (C=O) groups excluding carboxylic acids is 1. The molecule has 0 aromatic heterocycles. The van der Waals surface area contributed by atoms with Gasteiger partial charge in [-0.15, -0.1) is 0 Å². The number of benzene rings is 2. The number of morpholine rings is 1. The number of aryl methyl sites for hydroxylation is 2. The van der Waals surface area contributed by atoms with Crippen LogP contribution in [0.5, 0.6) is 0 Å². The van der Waals surface area contributed by atoms with Crippen molar-refractivity contribution in [1.29, 1.82) is 0 Å². The van der Waals surface area contributed by atoms with Crippen LogP contribution in [0.2, 0.25) is 0 Å². The van der Waals surface area contributed by atoms with Gasteiger partial charge in [-0.1, -0.05) is 31.2 Å². The first-order chi connectivity index (χ1) is 13.5. The minimum atomic E-state index is -3.48. The van der Waals surface area contributed by atoms with E-state index < -0.39 is 10.0 Å². The van der Waals surface area contributed by atoms with Crippen LogP contribution >= 0.6 is 0 Å². The lowest BCUT2D eigenvalue weighted by atomic mass is 10.1. The number of hydrogen-bond donors (Lipinski definition) is 1. The van der Waals surface area contributed by atoms with E-state index in [2.05, 4.69) is 12.2 Å². The van der Waals surface area contributed by atoms with Crippen molar-refractivity contribution in [3.05, 3.63) is 59.7 Å². The van der Waals surface area contributed by atoms with Crippen LogP contribution in [-0.2, 0) is 32.4 Å². The van der Waals surface area contributed by atoms with Crippen LogP contribution in [0.1, 0.15) is 24.5 Å². The maximum atomic E-state index is 12.6. The third-order valence-corrected chi connectivity index (χ3v) is 6.70. The lowest BCUT2D eigenvalue weighted by Gasteiger charge is -2.26. The van der Waals surface area contributed by atoms with E-state index in [1.54, 1.807) is 24.3 Å². The largest absolute Gasteiger partial charge is 0.379 e. The third-order valence-electron chi connectivity index (χ3n) is 4.79. The maximum absolute atomic E-state index is 12.6. The van der Waals surface area contributed by atoms with E-state index in [-0.39, 0.29) is 10.8 Å². The minimum absolute atomic E-state index is 0.0572. The Labute approximate surface area is 166 Å². The van der Waals surface area contributed by atoms with Gasteiger partial charge in [-0.2, -0.15) is 4.31 Å². The van der Waals surface area contributed by atoms with Crippen molar-refractivity contribution < 1.29 is 17.9 Å². The number of nitrogens with zero attached hydrogens (tertiary/aromatic N) is 1. The summed E-state index contributed by atoms with van der Waals surface area (Å²) in [5, 5.41) is 2.91. The molecular weight excluding hydrogens is 376 g/mol. The Morgan fingerprint density at radius 2 is 1.79 bits per heavy atom. The van der Waals surface area contributed by atoms with Crippen molar-refractivity contribution in [1.82, 2.24) is 4.31 Å². The van der Waals surface area contributed by atoms with Gasteiger partial charge >= 0.3 is 0 Å². The molecule has 0 atom stereocenters. The van der Waals surface area contributed by atoms with E-state index in [1.807, 2.05) is 24.3 Å². The van der Waals surface area contributed by atoms with Gasteiger partial charge in [0.25, 0.3) is 0 Å². The van der Waals surface area contributed by atoms with Crippen molar-refractivity contribution in [3.63, 3.8) is 0 Å². The van der Waals surface area contributed by atoms with Gasteiger partial charge in [0.2, 0.25) is 15.9 Å². The highest BCUT2D eigenvalue weighted by Gasteiger charge is 2.26. The van der Waals surface area contributed by atoms with Gasteiger partial charge in [-0.3, -0.25) is 4.79 Å². The van der Waals surface area contributed by atoms with E-state index >= 15 is 0 Å². The Balaban J connectivity index is 1.56. The molecule has 2 aromatic carbocycles. The van der Waals surface area contributed by atoms with Gasteiger partial charge in [0.05, 0.1) is 18.1 Å². The summed E-state index contributed by atoms with van der Waals surface area (Å²) in [6.07, 6.45) is 1.81. The second-order valence-corrected chi connectivity index (χ2v) is 8.70. The quantitative estimate of drug-likeness (QED) is 0.773. The van der Waals surface area contributed by atoms with E-state index in [0.717, 1.165) is 17.7 Å². The Morgan fingerprint density at radius 1 is 1.07 bits per heavy atom. The number of carbonyl (C=O) groups is 1. The van der Waals surface area contributed by atoms with Gasteiger partial charge < -0.3 is 10.1 Å². The Hall–Kier alpha value is -2.22. The molecule has 1 aliphatic heterocycles. The lowest BCUT2D eigenvalue weighted by molar-refractivity contribution is -0.116. The zero-order valence-electron chi connectivity index (χ0n) is 16.1. The highest BCUT2D eigenvalue weighted by Crippen LogP contribution is 2.18. The molecule has 7 heteroatoms. The van der Waals surface area contributed by atoms with Crippen molar-refractivity contribution in [3.8, 4) is 0 Å². The van der Waals surface area contributed by atoms with Crippen LogP contribution in [0.15, 0.2) is 53.4 Å². The van der Waals surface area contributed by atoms with Crippen LogP contribution in [0.3, 0.4) is 0 Å². The smallest absolute Gasteiger partial charge is 0.243 e. The number of sulfonamides is 1.